The van der Waals surface area contributed by atoms with Crippen LogP contribution in [0, 0.1) is 18.7 Å². The number of aryl methyl sites for hydroxylation is 2. The van der Waals surface area contributed by atoms with Crippen LogP contribution in [-0.4, -0.2) is 39.5 Å². The van der Waals surface area contributed by atoms with Gasteiger partial charge in [-0.05, 0) is 25.0 Å². The van der Waals surface area contributed by atoms with E-state index in [-0.39, 0.29) is 29.6 Å². The number of halogens is 1. The smallest absolute Gasteiger partial charge is 0.226 e. The molecule has 2 aromatic rings. The van der Waals surface area contributed by atoms with Crippen LogP contribution in [0.4, 0.5) is 4.39 Å². The molecule has 0 aliphatic carbocycles. The summed E-state index contributed by atoms with van der Waals surface area (Å²) in [5, 5.41) is 0. The van der Waals surface area contributed by atoms with Crippen molar-refractivity contribution in [2.45, 2.75) is 38.3 Å². The number of rotatable bonds is 2. The first-order valence-corrected chi connectivity index (χ1v) is 8.84. The second-order valence-corrected chi connectivity index (χ2v) is 7.22. The number of benzene rings is 1. The summed E-state index contributed by atoms with van der Waals surface area (Å²) in [7, 11) is 0. The number of fused-ring (bicyclic) bond motifs is 1. The zero-order valence-electron chi connectivity index (χ0n) is 14.4. The van der Waals surface area contributed by atoms with Crippen molar-refractivity contribution in [3.05, 3.63) is 53.4 Å². The van der Waals surface area contributed by atoms with Crippen molar-refractivity contribution in [3.63, 3.8) is 0 Å². The maximum Gasteiger partial charge on any atom is 0.226 e. The Morgan fingerprint density at radius 3 is 2.92 bits per heavy atom. The number of carbonyl (C=O) groups is 1. The van der Waals surface area contributed by atoms with E-state index in [1.54, 1.807) is 12.1 Å². The second kappa shape index (κ2) is 6.26. The van der Waals surface area contributed by atoms with Crippen LogP contribution in [0.1, 0.15) is 29.4 Å². The molecule has 5 nitrogen and oxygen atoms in total. The molecule has 1 aromatic carbocycles. The highest BCUT2D eigenvalue weighted by Crippen LogP contribution is 2.31. The fraction of sp³-hybridized carbons (Fsp3) is 0.474. The van der Waals surface area contributed by atoms with Crippen LogP contribution in [0.25, 0.3) is 0 Å². The summed E-state index contributed by atoms with van der Waals surface area (Å²) in [4.78, 5) is 19.3. The number of nitrogens with two attached hydrogens (primary N) is 1. The molecule has 132 valence electrons. The fourth-order valence-electron chi connectivity index (χ4n) is 4.15. The van der Waals surface area contributed by atoms with Gasteiger partial charge >= 0.3 is 0 Å². The van der Waals surface area contributed by atoms with Crippen molar-refractivity contribution in [2.75, 3.05) is 13.1 Å². The maximum atomic E-state index is 14.1. The van der Waals surface area contributed by atoms with Crippen molar-refractivity contribution < 1.29 is 9.18 Å². The largest absolute Gasteiger partial charge is 0.340 e. The number of hydrogen-bond acceptors (Lipinski definition) is 3. The van der Waals surface area contributed by atoms with Crippen LogP contribution < -0.4 is 5.73 Å². The molecule has 3 atom stereocenters. The minimum absolute atomic E-state index is 0.0547. The van der Waals surface area contributed by atoms with Crippen molar-refractivity contribution in [3.8, 4) is 0 Å². The summed E-state index contributed by atoms with van der Waals surface area (Å²) >= 11 is 0. The van der Waals surface area contributed by atoms with Gasteiger partial charge in [0.15, 0.2) is 0 Å². The molecule has 2 aliphatic heterocycles. The molecule has 0 spiro atoms. The third-order valence-corrected chi connectivity index (χ3v) is 5.46. The van der Waals surface area contributed by atoms with Gasteiger partial charge in [-0.1, -0.05) is 18.2 Å². The van der Waals surface area contributed by atoms with Crippen LogP contribution in [-0.2, 0) is 17.8 Å². The Kier molecular flexibility index (Phi) is 4.07. The van der Waals surface area contributed by atoms with Crippen LogP contribution in [0.3, 0.4) is 0 Å². The molecule has 25 heavy (non-hydrogen) atoms. The van der Waals surface area contributed by atoms with E-state index in [9.17, 15) is 9.18 Å². The van der Waals surface area contributed by atoms with Crippen LogP contribution in [0.2, 0.25) is 0 Å². The molecule has 1 unspecified atom stereocenters. The van der Waals surface area contributed by atoms with Gasteiger partial charge in [-0.15, -0.1) is 0 Å². The monoisotopic (exact) mass is 342 g/mol. The van der Waals surface area contributed by atoms with Gasteiger partial charge in [-0.25, -0.2) is 9.37 Å². The Labute approximate surface area is 146 Å². The van der Waals surface area contributed by atoms with Gasteiger partial charge in [0.25, 0.3) is 0 Å². The second-order valence-electron chi connectivity index (χ2n) is 7.22. The first kappa shape index (κ1) is 16.3. The summed E-state index contributed by atoms with van der Waals surface area (Å²) < 4.78 is 16.2. The van der Waals surface area contributed by atoms with Gasteiger partial charge in [0.2, 0.25) is 5.91 Å². The summed E-state index contributed by atoms with van der Waals surface area (Å²) in [5.74, 6) is 0.670. The lowest BCUT2D eigenvalue weighted by Gasteiger charge is -2.27. The molecule has 2 aliphatic rings. The Morgan fingerprint density at radius 1 is 1.32 bits per heavy atom. The number of likely N-dealkylation sites (tertiary alicyclic amines) is 1. The van der Waals surface area contributed by atoms with Gasteiger partial charge in [0, 0.05) is 50.1 Å². The molecule has 6 heteroatoms. The Morgan fingerprint density at radius 2 is 2.12 bits per heavy atom. The molecular weight excluding hydrogens is 319 g/mol. The van der Waals surface area contributed by atoms with E-state index in [4.69, 9.17) is 5.73 Å². The number of hydrogen-bond donors (Lipinski definition) is 1. The summed E-state index contributed by atoms with van der Waals surface area (Å²) in [6.45, 7) is 3.77. The summed E-state index contributed by atoms with van der Waals surface area (Å²) in [5.41, 5.74) is 7.84. The first-order valence-electron chi connectivity index (χ1n) is 8.84. The van der Waals surface area contributed by atoms with E-state index in [0.29, 0.717) is 25.1 Å². The minimum Gasteiger partial charge on any atom is -0.340 e. The lowest BCUT2D eigenvalue weighted by Crippen LogP contribution is -2.39. The normalized spacial score (nSPS) is 25.9. The van der Waals surface area contributed by atoms with Crippen LogP contribution in [0.15, 0.2) is 30.5 Å². The molecule has 0 radical (unpaired) electrons. The van der Waals surface area contributed by atoms with E-state index >= 15 is 0 Å². The SMILES string of the molecule is Cc1cn2c(n1)CC(C(=O)N1C[C@@H](N)[C@H](c3ccccc3F)C1)CC2. The van der Waals surface area contributed by atoms with Gasteiger partial charge in [-0.2, -0.15) is 0 Å². The highest BCUT2D eigenvalue weighted by atomic mass is 19.1. The van der Waals surface area contributed by atoms with Crippen molar-refractivity contribution >= 4 is 5.91 Å². The highest BCUT2D eigenvalue weighted by Gasteiger charge is 2.38. The Balaban J connectivity index is 1.48. The molecule has 3 heterocycles. The fourth-order valence-corrected chi connectivity index (χ4v) is 4.15. The number of carbonyl (C=O) groups excluding carboxylic acids is 1. The molecule has 1 amide bonds. The molecule has 2 N–H and O–H groups in total. The third-order valence-electron chi connectivity index (χ3n) is 5.46. The van der Waals surface area contributed by atoms with Crippen LogP contribution in [0.5, 0.6) is 0 Å². The molecule has 1 saturated heterocycles. The van der Waals surface area contributed by atoms with Crippen molar-refractivity contribution in [2.24, 2.45) is 11.7 Å². The Bertz CT molecular complexity index is 802. The molecule has 0 bridgehead atoms. The van der Waals surface area contributed by atoms with Crippen LogP contribution >= 0.6 is 0 Å². The molecule has 1 aromatic heterocycles. The number of imidazole rings is 1. The number of aromatic nitrogens is 2. The summed E-state index contributed by atoms with van der Waals surface area (Å²) in [6.07, 6.45) is 3.52. The quantitative estimate of drug-likeness (QED) is 0.906. The van der Waals surface area contributed by atoms with Gasteiger partial charge in [0.05, 0.1) is 5.69 Å². The average molecular weight is 342 g/mol. The van der Waals surface area contributed by atoms with E-state index in [1.165, 1.54) is 6.07 Å². The molecule has 1 fully saturated rings. The van der Waals surface area contributed by atoms with E-state index < -0.39 is 0 Å². The lowest BCUT2D eigenvalue weighted by molar-refractivity contribution is -0.135. The van der Waals surface area contributed by atoms with Gasteiger partial charge in [-0.3, -0.25) is 4.79 Å². The minimum atomic E-state index is -0.243. The maximum absolute atomic E-state index is 14.1. The molecule has 0 saturated carbocycles. The first-order chi connectivity index (χ1) is 12.0. The van der Waals surface area contributed by atoms with E-state index in [1.807, 2.05) is 24.1 Å². The lowest BCUT2D eigenvalue weighted by atomic mass is 9.94. The molecular formula is C19H23FN4O. The van der Waals surface area contributed by atoms with E-state index in [0.717, 1.165) is 24.5 Å². The molecule has 4 rings (SSSR count). The Hall–Kier alpha value is -2.21. The van der Waals surface area contributed by atoms with Gasteiger partial charge < -0.3 is 15.2 Å². The average Bonchev–Trinajstić information content (AvgIpc) is 3.15. The van der Waals surface area contributed by atoms with E-state index in [2.05, 4.69) is 9.55 Å². The standard InChI is InChI=1S/C19H23FN4O/c1-12-9-23-7-6-13(8-18(23)22-12)19(25)24-10-15(17(21)11-24)14-4-2-3-5-16(14)20/h2-5,9,13,15,17H,6-8,10-11,21H2,1H3/t13?,15-,17+/m0/s1. The zero-order chi connectivity index (χ0) is 17.6. The van der Waals surface area contributed by atoms with Gasteiger partial charge in [0.1, 0.15) is 11.6 Å². The van der Waals surface area contributed by atoms with Crippen molar-refractivity contribution in [1.82, 2.24) is 14.5 Å². The van der Waals surface area contributed by atoms with Crippen molar-refractivity contribution in [1.29, 1.82) is 0 Å². The highest BCUT2D eigenvalue weighted by molar-refractivity contribution is 5.79. The number of nitrogens with zero attached hydrogens (tertiary/aromatic N) is 3. The topological polar surface area (TPSA) is 64.2 Å². The predicted octanol–water partition coefficient (Wildman–Crippen LogP) is 1.85. The third kappa shape index (κ3) is 2.95. The summed E-state index contributed by atoms with van der Waals surface area (Å²) in [6, 6.07) is 6.49. The zero-order valence-corrected chi connectivity index (χ0v) is 14.4. The number of amides is 1. The predicted molar refractivity (Wildman–Crippen MR) is 92.5 cm³/mol.